The Morgan fingerprint density at radius 1 is 0.560 bits per heavy atom. The van der Waals surface area contributed by atoms with Crippen molar-refractivity contribution >= 4 is 0 Å². The van der Waals surface area contributed by atoms with Gasteiger partial charge in [-0.1, -0.05) is 152 Å². The minimum absolute atomic E-state index is 0.0155. The van der Waals surface area contributed by atoms with Crippen LogP contribution in [0.15, 0.2) is 181 Å². The van der Waals surface area contributed by atoms with E-state index in [9.17, 15) is 0 Å². The minimum Gasteiger partial charge on any atom is -0.456 e. The third kappa shape index (κ3) is 4.28. The number of para-hydroxylation sites is 2. The molecule has 4 aliphatic rings. The van der Waals surface area contributed by atoms with Gasteiger partial charge >= 0.3 is 0 Å². The molecule has 0 saturated carbocycles. The zero-order valence-electron chi connectivity index (χ0n) is 27.4. The average Bonchev–Trinajstić information content (AvgIpc) is 3.49. The van der Waals surface area contributed by atoms with E-state index in [1.807, 2.05) is 0 Å². The maximum atomic E-state index is 7.05. The number of benzene rings is 6. The minimum atomic E-state index is -0.509. The van der Waals surface area contributed by atoms with Crippen molar-refractivity contribution in [3.05, 3.63) is 215 Å². The van der Waals surface area contributed by atoms with Crippen LogP contribution in [0.2, 0.25) is 0 Å². The standard InChI is InChI=1S/C46H35N3O/c1-2-15-30(16-3-1)41-29-42(40-26-12-13-28-47-40)49-45(48-41)35-20-5-4-17-31(35)34-21-14-25-39-44(34)50-43-27-11-10-24-38(43)46(39)36-22-8-6-18-32(36)33-19-7-9-23-37(33)46/h1-27,29,41,45,47-49H,28H2. The summed E-state index contributed by atoms with van der Waals surface area (Å²) in [7, 11) is 0. The van der Waals surface area contributed by atoms with E-state index < -0.39 is 5.41 Å². The molecule has 3 N–H and O–H groups in total. The van der Waals surface area contributed by atoms with Crippen molar-refractivity contribution in [2.75, 3.05) is 6.54 Å². The van der Waals surface area contributed by atoms with Gasteiger partial charge in [-0.05, 0) is 57.2 Å². The van der Waals surface area contributed by atoms with Crippen LogP contribution in [0.25, 0.3) is 22.3 Å². The largest absolute Gasteiger partial charge is 0.456 e. The molecule has 3 heterocycles. The summed E-state index contributed by atoms with van der Waals surface area (Å²) in [5.41, 5.74) is 13.7. The van der Waals surface area contributed by atoms with E-state index in [4.69, 9.17) is 4.74 Å². The fourth-order valence-corrected chi connectivity index (χ4v) is 8.56. The van der Waals surface area contributed by atoms with E-state index in [1.165, 1.54) is 33.4 Å². The van der Waals surface area contributed by atoms with Gasteiger partial charge < -0.3 is 15.4 Å². The quantitative estimate of drug-likeness (QED) is 0.178. The number of rotatable bonds is 4. The smallest absolute Gasteiger partial charge is 0.140 e. The van der Waals surface area contributed by atoms with Gasteiger partial charge in [0.05, 0.1) is 22.9 Å². The fraction of sp³-hybridized carbons (Fsp3) is 0.0870. The molecule has 1 spiro atoms. The predicted molar refractivity (Wildman–Crippen MR) is 201 cm³/mol. The second-order valence-electron chi connectivity index (χ2n) is 13.3. The van der Waals surface area contributed by atoms with Crippen molar-refractivity contribution in [1.29, 1.82) is 0 Å². The van der Waals surface area contributed by atoms with Gasteiger partial charge in [-0.2, -0.15) is 0 Å². The summed E-state index contributed by atoms with van der Waals surface area (Å²) < 4.78 is 7.05. The molecular formula is C46H35N3O. The van der Waals surface area contributed by atoms with E-state index in [-0.39, 0.29) is 12.2 Å². The highest BCUT2D eigenvalue weighted by Gasteiger charge is 2.51. The third-order valence-corrected chi connectivity index (χ3v) is 10.7. The molecule has 0 fully saturated rings. The SMILES string of the molecule is C1=CCNC(C2=CC(c3ccccc3)NC(c3ccccc3-c3cccc4c3Oc3ccccc3C43c4ccccc4-c4ccccc43)N2)=C1. The van der Waals surface area contributed by atoms with E-state index in [2.05, 4.69) is 186 Å². The lowest BCUT2D eigenvalue weighted by molar-refractivity contribution is 0.417. The summed E-state index contributed by atoms with van der Waals surface area (Å²) in [6.45, 7) is 0.804. The molecule has 0 bridgehead atoms. The second kappa shape index (κ2) is 11.5. The zero-order chi connectivity index (χ0) is 33.1. The Hall–Kier alpha value is -6.10. The molecule has 0 amide bonds. The molecule has 4 heteroatoms. The molecule has 0 aromatic heterocycles. The molecular weight excluding hydrogens is 611 g/mol. The molecule has 6 aromatic rings. The summed E-state index contributed by atoms with van der Waals surface area (Å²) in [5, 5.41) is 11.4. The Morgan fingerprint density at radius 3 is 1.96 bits per heavy atom. The lowest BCUT2D eigenvalue weighted by Gasteiger charge is -2.40. The average molecular weight is 646 g/mol. The van der Waals surface area contributed by atoms with Crippen molar-refractivity contribution < 1.29 is 4.74 Å². The van der Waals surface area contributed by atoms with Crippen LogP contribution in [0.1, 0.15) is 45.6 Å². The van der Waals surface area contributed by atoms with Crippen LogP contribution in [0.5, 0.6) is 11.5 Å². The zero-order valence-corrected chi connectivity index (χ0v) is 27.4. The fourth-order valence-electron chi connectivity index (χ4n) is 8.56. The first kappa shape index (κ1) is 28.9. The van der Waals surface area contributed by atoms with Crippen molar-refractivity contribution in [2.45, 2.75) is 17.6 Å². The van der Waals surface area contributed by atoms with Crippen LogP contribution in [0, 0.1) is 0 Å². The topological polar surface area (TPSA) is 45.3 Å². The number of fused-ring (bicyclic) bond motifs is 9. The van der Waals surface area contributed by atoms with Gasteiger partial charge in [-0.15, -0.1) is 0 Å². The first-order valence-electron chi connectivity index (χ1n) is 17.4. The Bertz CT molecular complexity index is 2340. The Kier molecular flexibility index (Phi) is 6.64. The van der Waals surface area contributed by atoms with Crippen molar-refractivity contribution in [3.8, 4) is 33.8 Å². The normalized spacial score (nSPS) is 19.0. The summed E-state index contributed by atoms with van der Waals surface area (Å²) in [6, 6.07) is 52.5. The predicted octanol–water partition coefficient (Wildman–Crippen LogP) is 9.68. The lowest BCUT2D eigenvalue weighted by atomic mass is 9.65. The van der Waals surface area contributed by atoms with Crippen molar-refractivity contribution in [1.82, 2.24) is 16.0 Å². The molecule has 2 atom stereocenters. The van der Waals surface area contributed by atoms with Gasteiger partial charge in [0.2, 0.25) is 0 Å². The summed E-state index contributed by atoms with van der Waals surface area (Å²) in [5.74, 6) is 1.79. The highest BCUT2D eigenvalue weighted by atomic mass is 16.5. The van der Waals surface area contributed by atoms with Crippen LogP contribution in [-0.4, -0.2) is 6.54 Å². The molecule has 1 aliphatic carbocycles. The van der Waals surface area contributed by atoms with E-state index in [0.717, 1.165) is 51.7 Å². The van der Waals surface area contributed by atoms with Crippen LogP contribution in [0.3, 0.4) is 0 Å². The van der Waals surface area contributed by atoms with Gasteiger partial charge in [-0.3, -0.25) is 5.32 Å². The van der Waals surface area contributed by atoms with Gasteiger partial charge in [0.1, 0.15) is 17.7 Å². The molecule has 50 heavy (non-hydrogen) atoms. The number of allylic oxidation sites excluding steroid dienone is 2. The summed E-state index contributed by atoms with van der Waals surface area (Å²) in [6.07, 6.45) is 8.53. The second-order valence-corrected chi connectivity index (χ2v) is 13.3. The van der Waals surface area contributed by atoms with Crippen LogP contribution in [0.4, 0.5) is 0 Å². The Labute approximate surface area is 292 Å². The Balaban J connectivity index is 1.16. The summed E-state index contributed by atoms with van der Waals surface area (Å²) >= 11 is 0. The molecule has 0 saturated heterocycles. The lowest BCUT2D eigenvalue weighted by Crippen LogP contribution is -2.42. The van der Waals surface area contributed by atoms with Crippen molar-refractivity contribution in [2.24, 2.45) is 0 Å². The van der Waals surface area contributed by atoms with Gasteiger partial charge in [0.25, 0.3) is 0 Å². The highest BCUT2D eigenvalue weighted by Crippen LogP contribution is 2.63. The molecule has 3 aliphatic heterocycles. The molecule has 4 nitrogen and oxygen atoms in total. The number of hydrogen-bond donors (Lipinski definition) is 3. The third-order valence-electron chi connectivity index (χ3n) is 10.7. The molecule has 240 valence electrons. The maximum Gasteiger partial charge on any atom is 0.140 e. The monoisotopic (exact) mass is 645 g/mol. The first-order valence-corrected chi connectivity index (χ1v) is 17.4. The molecule has 6 aromatic carbocycles. The number of hydrogen-bond acceptors (Lipinski definition) is 4. The molecule has 0 radical (unpaired) electrons. The van der Waals surface area contributed by atoms with Crippen LogP contribution < -0.4 is 20.7 Å². The maximum absolute atomic E-state index is 7.05. The number of dihydropyridines is 1. The van der Waals surface area contributed by atoms with Crippen molar-refractivity contribution in [3.63, 3.8) is 0 Å². The number of nitrogens with one attached hydrogen (secondary N) is 3. The van der Waals surface area contributed by atoms with Gasteiger partial charge in [0.15, 0.2) is 0 Å². The van der Waals surface area contributed by atoms with Gasteiger partial charge in [0, 0.05) is 23.2 Å². The first-order chi connectivity index (χ1) is 24.8. The molecule has 10 rings (SSSR count). The van der Waals surface area contributed by atoms with Crippen LogP contribution >= 0.6 is 0 Å². The van der Waals surface area contributed by atoms with Gasteiger partial charge in [-0.25, -0.2) is 0 Å². The Morgan fingerprint density at radius 2 is 1.20 bits per heavy atom. The molecule has 2 unspecified atom stereocenters. The van der Waals surface area contributed by atoms with E-state index >= 15 is 0 Å². The number of ether oxygens (including phenoxy) is 1. The van der Waals surface area contributed by atoms with Crippen LogP contribution in [-0.2, 0) is 5.41 Å². The van der Waals surface area contributed by atoms with E-state index in [1.54, 1.807) is 0 Å². The summed E-state index contributed by atoms with van der Waals surface area (Å²) in [4.78, 5) is 0. The highest BCUT2D eigenvalue weighted by molar-refractivity contribution is 5.90. The van der Waals surface area contributed by atoms with E-state index in [0.29, 0.717) is 0 Å².